The molecule has 40 heavy (non-hydrogen) atoms. The van der Waals surface area contributed by atoms with Crippen molar-refractivity contribution in [3.05, 3.63) is 64.7 Å². The second kappa shape index (κ2) is 11.4. The van der Waals surface area contributed by atoms with E-state index in [9.17, 15) is 23.1 Å². The number of carbonyl (C=O) groups excluding carboxylic acids is 1. The van der Waals surface area contributed by atoms with Crippen molar-refractivity contribution in [1.82, 2.24) is 14.1 Å². The SMILES string of the molecule is CN(CC1OCCO1)C(=N)c1ccc(CN2C(=O)CN(S(=O)(=O)c3cc4ccc(Cl)cc4s3)C[C@@H]2C(=O)O)cc1. The number of piperazine rings is 1. The van der Waals surface area contributed by atoms with Crippen LogP contribution in [0.15, 0.2) is 52.7 Å². The number of carboxylic acid groups (broad SMARTS) is 1. The molecule has 2 N–H and O–H groups in total. The van der Waals surface area contributed by atoms with Crippen LogP contribution in [0.1, 0.15) is 11.1 Å². The summed E-state index contributed by atoms with van der Waals surface area (Å²) in [6, 6.07) is 12.0. The number of benzene rings is 2. The highest BCUT2D eigenvalue weighted by atomic mass is 35.5. The summed E-state index contributed by atoms with van der Waals surface area (Å²) in [6.45, 7) is 0.585. The van der Waals surface area contributed by atoms with Crippen molar-refractivity contribution >= 4 is 60.8 Å². The second-order valence-corrected chi connectivity index (χ2v) is 13.2. The van der Waals surface area contributed by atoms with E-state index >= 15 is 0 Å². The standard InChI is InChI=1S/C26H27ClN4O7S2/c1-29(15-23-37-8-9-38-23)25(28)17-4-2-16(3-5-17)12-31-20(26(33)34)13-30(14-22(31)32)40(35,36)24-10-18-6-7-19(27)11-21(18)39-24/h2-7,10-11,20,23,28H,8-9,12-15H2,1H3,(H,33,34)/t20-/m1/s1. The van der Waals surface area contributed by atoms with Gasteiger partial charge in [-0.3, -0.25) is 10.2 Å². The highest BCUT2D eigenvalue weighted by Gasteiger charge is 2.42. The molecule has 1 atom stereocenters. The molecule has 0 radical (unpaired) electrons. The monoisotopic (exact) mass is 606 g/mol. The van der Waals surface area contributed by atoms with E-state index in [4.69, 9.17) is 26.5 Å². The van der Waals surface area contributed by atoms with E-state index in [1.54, 1.807) is 54.4 Å². The molecule has 2 aliphatic heterocycles. The highest BCUT2D eigenvalue weighted by molar-refractivity contribution is 7.91. The number of rotatable bonds is 8. The number of fused-ring (bicyclic) bond motifs is 1. The maximum absolute atomic E-state index is 13.4. The maximum Gasteiger partial charge on any atom is 0.327 e. The summed E-state index contributed by atoms with van der Waals surface area (Å²) in [7, 11) is -2.35. The Labute approximate surface area is 240 Å². The first kappa shape index (κ1) is 28.5. The fraction of sp³-hybridized carbons (Fsp3) is 0.346. The zero-order valence-electron chi connectivity index (χ0n) is 21.4. The minimum Gasteiger partial charge on any atom is -0.480 e. The van der Waals surface area contributed by atoms with E-state index < -0.39 is 34.5 Å². The Balaban J connectivity index is 1.28. The van der Waals surface area contributed by atoms with Crippen LogP contribution in [0, 0.1) is 5.41 Å². The van der Waals surface area contributed by atoms with E-state index in [0.29, 0.717) is 46.0 Å². The van der Waals surface area contributed by atoms with Crippen LogP contribution in [0.3, 0.4) is 0 Å². The number of nitrogens with zero attached hydrogens (tertiary/aromatic N) is 3. The number of hydrogen-bond donors (Lipinski definition) is 2. The van der Waals surface area contributed by atoms with Crippen molar-refractivity contribution in [2.24, 2.45) is 0 Å². The third-order valence-corrected chi connectivity index (χ3v) is 10.4. The van der Waals surface area contributed by atoms with Gasteiger partial charge in [-0.05, 0) is 29.1 Å². The quantitative estimate of drug-likeness (QED) is 0.295. The number of ether oxygens (including phenoxy) is 2. The fourth-order valence-electron chi connectivity index (χ4n) is 4.61. The molecule has 2 saturated heterocycles. The Kier molecular flexibility index (Phi) is 8.13. The largest absolute Gasteiger partial charge is 0.480 e. The third kappa shape index (κ3) is 5.85. The minimum atomic E-state index is -4.11. The Morgan fingerprint density at radius 3 is 2.55 bits per heavy atom. The molecule has 3 aromatic rings. The zero-order valence-corrected chi connectivity index (χ0v) is 23.8. The van der Waals surface area contributed by atoms with E-state index in [0.717, 1.165) is 15.6 Å². The topological polar surface area (TPSA) is 141 Å². The van der Waals surface area contributed by atoms with Gasteiger partial charge >= 0.3 is 5.97 Å². The van der Waals surface area contributed by atoms with Gasteiger partial charge in [0.15, 0.2) is 6.29 Å². The summed E-state index contributed by atoms with van der Waals surface area (Å²) in [5, 5.41) is 19.5. The Morgan fingerprint density at radius 1 is 1.18 bits per heavy atom. The van der Waals surface area contributed by atoms with Gasteiger partial charge in [-0.2, -0.15) is 4.31 Å². The van der Waals surface area contributed by atoms with E-state index in [1.807, 2.05) is 0 Å². The first-order valence-electron chi connectivity index (χ1n) is 12.4. The number of likely N-dealkylation sites (N-methyl/N-ethyl adjacent to an activating group) is 1. The van der Waals surface area contributed by atoms with E-state index in [-0.39, 0.29) is 29.4 Å². The van der Waals surface area contributed by atoms with Crippen molar-refractivity contribution in [2.45, 2.75) is 23.1 Å². The van der Waals surface area contributed by atoms with Gasteiger partial charge in [-0.25, -0.2) is 13.2 Å². The number of halogens is 1. The van der Waals surface area contributed by atoms with Crippen LogP contribution in [-0.4, -0.2) is 97.6 Å². The number of amides is 1. The lowest BCUT2D eigenvalue weighted by Gasteiger charge is -2.38. The van der Waals surface area contributed by atoms with Crippen LogP contribution >= 0.6 is 22.9 Å². The molecule has 212 valence electrons. The molecule has 1 amide bonds. The van der Waals surface area contributed by atoms with Gasteiger partial charge in [0.05, 0.1) is 26.3 Å². The van der Waals surface area contributed by atoms with Crippen LogP contribution in [0.25, 0.3) is 10.1 Å². The number of aliphatic carboxylic acids is 1. The summed E-state index contributed by atoms with van der Waals surface area (Å²) in [4.78, 5) is 28.2. The smallest absolute Gasteiger partial charge is 0.327 e. The lowest BCUT2D eigenvalue weighted by atomic mass is 10.1. The van der Waals surface area contributed by atoms with Crippen molar-refractivity contribution < 1.29 is 32.6 Å². The molecule has 2 fully saturated rings. The summed E-state index contributed by atoms with van der Waals surface area (Å²) < 4.78 is 39.3. The van der Waals surface area contributed by atoms with Gasteiger partial charge in [-0.15, -0.1) is 11.3 Å². The molecule has 11 nitrogen and oxygen atoms in total. The average molecular weight is 607 g/mol. The van der Waals surface area contributed by atoms with Crippen LogP contribution in [-0.2, 0) is 35.6 Å². The van der Waals surface area contributed by atoms with Gasteiger partial charge in [0.2, 0.25) is 5.91 Å². The second-order valence-electron chi connectivity index (χ2n) is 9.52. The Hall–Kier alpha value is -3.07. The Bertz CT molecular complexity index is 1550. The average Bonchev–Trinajstić information content (AvgIpc) is 3.59. The lowest BCUT2D eigenvalue weighted by Crippen LogP contribution is -2.59. The number of sulfonamides is 1. The summed E-state index contributed by atoms with van der Waals surface area (Å²) in [5.41, 5.74) is 1.28. The van der Waals surface area contributed by atoms with Gasteiger partial charge in [0.25, 0.3) is 10.0 Å². The number of carboxylic acids is 1. The number of amidine groups is 1. The molecule has 0 spiro atoms. The molecule has 0 bridgehead atoms. The number of hydrogen-bond acceptors (Lipinski definition) is 8. The van der Waals surface area contributed by atoms with Gasteiger partial charge < -0.3 is 24.4 Å². The molecule has 0 saturated carbocycles. The summed E-state index contributed by atoms with van der Waals surface area (Å²) in [5.74, 6) is -1.65. The van der Waals surface area contributed by atoms with Crippen molar-refractivity contribution in [3.63, 3.8) is 0 Å². The highest BCUT2D eigenvalue weighted by Crippen LogP contribution is 2.33. The predicted molar refractivity (Wildman–Crippen MR) is 149 cm³/mol. The number of nitrogens with one attached hydrogen (secondary N) is 1. The molecule has 5 rings (SSSR count). The summed E-state index contributed by atoms with van der Waals surface area (Å²) in [6.07, 6.45) is -0.386. The number of thiophene rings is 1. The molecular formula is C26H27ClN4O7S2. The lowest BCUT2D eigenvalue weighted by molar-refractivity contribution is -0.154. The Morgan fingerprint density at radius 2 is 1.88 bits per heavy atom. The molecule has 2 aromatic carbocycles. The molecule has 1 aromatic heterocycles. The number of carbonyl (C=O) groups is 2. The van der Waals surface area contributed by atoms with E-state index in [2.05, 4.69) is 0 Å². The van der Waals surface area contributed by atoms with Crippen LogP contribution < -0.4 is 0 Å². The summed E-state index contributed by atoms with van der Waals surface area (Å²) >= 11 is 7.04. The minimum absolute atomic E-state index is 0.0156. The predicted octanol–water partition coefficient (Wildman–Crippen LogP) is 2.67. The van der Waals surface area contributed by atoms with Crippen molar-refractivity contribution in [1.29, 1.82) is 5.41 Å². The first-order chi connectivity index (χ1) is 19.0. The maximum atomic E-state index is 13.4. The third-order valence-electron chi connectivity index (χ3n) is 6.80. The van der Waals surface area contributed by atoms with Crippen LogP contribution in [0.5, 0.6) is 0 Å². The molecule has 0 unspecified atom stereocenters. The van der Waals surface area contributed by atoms with E-state index in [1.165, 1.54) is 11.0 Å². The molecule has 14 heteroatoms. The zero-order chi connectivity index (χ0) is 28.6. The normalized spacial score (nSPS) is 18.9. The molecule has 0 aliphatic carbocycles. The van der Waals surface area contributed by atoms with Crippen molar-refractivity contribution in [2.75, 3.05) is 39.9 Å². The fourth-order valence-corrected chi connectivity index (χ4v) is 7.84. The van der Waals surface area contributed by atoms with Gasteiger partial charge in [-0.1, -0.05) is 41.9 Å². The van der Waals surface area contributed by atoms with Crippen LogP contribution in [0.2, 0.25) is 5.02 Å². The molecule has 3 heterocycles. The molecular weight excluding hydrogens is 580 g/mol. The van der Waals surface area contributed by atoms with Crippen molar-refractivity contribution in [3.8, 4) is 0 Å². The van der Waals surface area contributed by atoms with Crippen LogP contribution in [0.4, 0.5) is 0 Å². The molecule has 2 aliphatic rings. The van der Waals surface area contributed by atoms with Gasteiger partial charge in [0.1, 0.15) is 16.1 Å². The first-order valence-corrected chi connectivity index (χ1v) is 15.0. The van der Waals surface area contributed by atoms with Gasteiger partial charge in [0, 0.05) is 35.4 Å².